The maximum atomic E-state index is 11.6. The predicted octanol–water partition coefficient (Wildman–Crippen LogP) is 2.10. The van der Waals surface area contributed by atoms with Crippen molar-refractivity contribution in [3.8, 4) is 12.3 Å². The Morgan fingerprint density at radius 3 is 3.06 bits per heavy atom. The molecule has 1 amide bonds. The van der Waals surface area contributed by atoms with Crippen molar-refractivity contribution in [1.29, 1.82) is 0 Å². The summed E-state index contributed by atoms with van der Waals surface area (Å²) >= 11 is 0. The molecule has 1 heterocycles. The third kappa shape index (κ3) is 1.91. The van der Waals surface area contributed by atoms with E-state index in [-0.39, 0.29) is 12.5 Å². The summed E-state index contributed by atoms with van der Waals surface area (Å²) in [6.45, 7) is 2.11. The molecule has 0 aliphatic heterocycles. The first-order valence-electron chi connectivity index (χ1n) is 4.92. The number of hydrogen-bond donors (Lipinski definition) is 1. The summed E-state index contributed by atoms with van der Waals surface area (Å²) < 4.78 is 5.42. The Kier molecular flexibility index (Phi) is 2.65. The maximum Gasteiger partial charge on any atom is 0.252 e. The largest absolute Gasteiger partial charge is 0.461 e. The zero-order valence-electron chi connectivity index (χ0n) is 8.91. The number of fused-ring (bicyclic) bond motifs is 1. The first-order valence-corrected chi connectivity index (χ1v) is 4.92. The number of furan rings is 1. The van der Waals surface area contributed by atoms with E-state index in [0.717, 1.165) is 16.7 Å². The van der Waals surface area contributed by atoms with Gasteiger partial charge in [0.2, 0.25) is 0 Å². The first kappa shape index (κ1) is 10.3. The maximum absolute atomic E-state index is 11.6. The van der Waals surface area contributed by atoms with E-state index in [0.29, 0.717) is 5.56 Å². The van der Waals surface area contributed by atoms with Crippen molar-refractivity contribution >= 4 is 16.9 Å². The van der Waals surface area contributed by atoms with E-state index in [1.165, 1.54) is 0 Å². The smallest absolute Gasteiger partial charge is 0.252 e. The number of terminal acetylenes is 1. The van der Waals surface area contributed by atoms with E-state index in [2.05, 4.69) is 11.2 Å². The highest BCUT2D eigenvalue weighted by atomic mass is 16.3. The van der Waals surface area contributed by atoms with Gasteiger partial charge in [0.1, 0.15) is 11.3 Å². The van der Waals surface area contributed by atoms with E-state index in [1.54, 1.807) is 18.2 Å². The van der Waals surface area contributed by atoms with Crippen LogP contribution in [0.3, 0.4) is 0 Å². The Morgan fingerprint density at radius 1 is 1.50 bits per heavy atom. The van der Waals surface area contributed by atoms with Gasteiger partial charge < -0.3 is 9.73 Å². The number of hydrogen-bond acceptors (Lipinski definition) is 2. The van der Waals surface area contributed by atoms with Gasteiger partial charge in [-0.2, -0.15) is 0 Å². The van der Waals surface area contributed by atoms with Gasteiger partial charge >= 0.3 is 0 Å². The van der Waals surface area contributed by atoms with Gasteiger partial charge in [-0.3, -0.25) is 4.79 Å². The molecule has 0 unspecified atom stereocenters. The molecule has 16 heavy (non-hydrogen) atoms. The average Bonchev–Trinajstić information content (AvgIpc) is 2.64. The Hall–Kier alpha value is -2.21. The van der Waals surface area contributed by atoms with E-state index in [1.807, 2.05) is 13.0 Å². The van der Waals surface area contributed by atoms with E-state index < -0.39 is 0 Å². The van der Waals surface area contributed by atoms with Crippen LogP contribution in [0, 0.1) is 19.3 Å². The summed E-state index contributed by atoms with van der Waals surface area (Å²) in [5.41, 5.74) is 1.37. The molecule has 0 spiro atoms. The van der Waals surface area contributed by atoms with Crippen LogP contribution in [0.4, 0.5) is 0 Å². The van der Waals surface area contributed by atoms with Crippen molar-refractivity contribution in [2.75, 3.05) is 6.54 Å². The second-order valence-electron chi connectivity index (χ2n) is 3.50. The number of rotatable bonds is 2. The van der Waals surface area contributed by atoms with Gasteiger partial charge in [0, 0.05) is 10.9 Å². The van der Waals surface area contributed by atoms with Crippen LogP contribution in [-0.2, 0) is 0 Å². The molecule has 0 aliphatic carbocycles. The minimum Gasteiger partial charge on any atom is -0.461 e. The third-order valence-electron chi connectivity index (χ3n) is 2.25. The summed E-state index contributed by atoms with van der Waals surface area (Å²) in [6.07, 6.45) is 5.07. The SMILES string of the molecule is C#CCNC(=O)c1ccc2oc(C)cc2c1. The summed E-state index contributed by atoms with van der Waals surface area (Å²) in [5.74, 6) is 3.02. The van der Waals surface area contributed by atoms with Crippen LogP contribution in [0.25, 0.3) is 11.0 Å². The normalized spacial score (nSPS) is 10.0. The van der Waals surface area contributed by atoms with Crippen LogP contribution in [-0.4, -0.2) is 12.5 Å². The molecular weight excluding hydrogens is 202 g/mol. The van der Waals surface area contributed by atoms with Gasteiger partial charge in [0.05, 0.1) is 6.54 Å². The van der Waals surface area contributed by atoms with E-state index in [9.17, 15) is 4.79 Å². The van der Waals surface area contributed by atoms with Crippen molar-refractivity contribution in [2.45, 2.75) is 6.92 Å². The zero-order chi connectivity index (χ0) is 11.5. The van der Waals surface area contributed by atoms with Gasteiger partial charge in [-0.1, -0.05) is 5.92 Å². The number of amides is 1. The van der Waals surface area contributed by atoms with Gasteiger partial charge in [-0.25, -0.2) is 0 Å². The summed E-state index contributed by atoms with van der Waals surface area (Å²) in [7, 11) is 0. The summed E-state index contributed by atoms with van der Waals surface area (Å²) in [4.78, 5) is 11.6. The molecule has 1 aromatic carbocycles. The molecule has 0 atom stereocenters. The van der Waals surface area contributed by atoms with E-state index in [4.69, 9.17) is 10.8 Å². The van der Waals surface area contributed by atoms with Crippen LogP contribution in [0.5, 0.6) is 0 Å². The quantitative estimate of drug-likeness (QED) is 0.776. The standard InChI is InChI=1S/C13H11NO2/c1-3-6-14-13(15)10-4-5-12-11(8-10)7-9(2)16-12/h1,4-5,7-8H,6H2,2H3,(H,14,15). The van der Waals surface area contributed by atoms with Gasteiger partial charge in [-0.15, -0.1) is 6.42 Å². The molecular formula is C13H11NO2. The lowest BCUT2D eigenvalue weighted by atomic mass is 10.1. The van der Waals surface area contributed by atoms with Crippen molar-refractivity contribution in [3.63, 3.8) is 0 Å². The summed E-state index contributed by atoms with van der Waals surface area (Å²) in [6, 6.07) is 7.19. The second-order valence-corrected chi connectivity index (χ2v) is 3.50. The first-order chi connectivity index (χ1) is 7.70. The van der Waals surface area contributed by atoms with Gasteiger partial charge in [0.15, 0.2) is 0 Å². The fourth-order valence-corrected chi connectivity index (χ4v) is 1.55. The molecule has 0 saturated carbocycles. The van der Waals surface area contributed by atoms with Crippen LogP contribution < -0.4 is 5.32 Å². The van der Waals surface area contributed by atoms with E-state index >= 15 is 0 Å². The summed E-state index contributed by atoms with van der Waals surface area (Å²) in [5, 5.41) is 3.54. The molecule has 0 radical (unpaired) electrons. The monoisotopic (exact) mass is 213 g/mol. The van der Waals surface area contributed by atoms with Crippen LogP contribution in [0.1, 0.15) is 16.1 Å². The Bertz CT molecular complexity index is 575. The Balaban J connectivity index is 2.32. The van der Waals surface area contributed by atoms with Crippen molar-refractivity contribution < 1.29 is 9.21 Å². The molecule has 2 rings (SSSR count). The highest BCUT2D eigenvalue weighted by molar-refractivity contribution is 5.97. The predicted molar refractivity (Wildman–Crippen MR) is 62.1 cm³/mol. The zero-order valence-corrected chi connectivity index (χ0v) is 8.91. The highest BCUT2D eigenvalue weighted by Crippen LogP contribution is 2.20. The molecule has 2 aromatic rings. The second kappa shape index (κ2) is 4.11. The number of aryl methyl sites for hydroxylation is 1. The lowest BCUT2D eigenvalue weighted by molar-refractivity contribution is 0.0959. The number of benzene rings is 1. The molecule has 1 N–H and O–H groups in total. The molecule has 0 aliphatic rings. The van der Waals surface area contributed by atoms with Crippen LogP contribution in [0.15, 0.2) is 28.7 Å². The van der Waals surface area contributed by atoms with Crippen LogP contribution >= 0.6 is 0 Å². The third-order valence-corrected chi connectivity index (χ3v) is 2.25. The average molecular weight is 213 g/mol. The highest BCUT2D eigenvalue weighted by Gasteiger charge is 2.07. The van der Waals surface area contributed by atoms with Gasteiger partial charge in [-0.05, 0) is 31.2 Å². The van der Waals surface area contributed by atoms with Crippen molar-refractivity contribution in [3.05, 3.63) is 35.6 Å². The minimum atomic E-state index is -0.168. The van der Waals surface area contributed by atoms with Crippen molar-refractivity contribution in [2.24, 2.45) is 0 Å². The number of carbonyl (C=O) groups is 1. The Morgan fingerprint density at radius 2 is 2.31 bits per heavy atom. The minimum absolute atomic E-state index is 0.168. The number of nitrogens with one attached hydrogen (secondary N) is 1. The fourth-order valence-electron chi connectivity index (χ4n) is 1.55. The molecule has 0 fully saturated rings. The number of carbonyl (C=O) groups excluding carboxylic acids is 1. The molecule has 3 heteroatoms. The fraction of sp³-hybridized carbons (Fsp3) is 0.154. The van der Waals surface area contributed by atoms with Crippen LogP contribution in [0.2, 0.25) is 0 Å². The topological polar surface area (TPSA) is 42.2 Å². The molecule has 0 saturated heterocycles. The lowest BCUT2D eigenvalue weighted by Crippen LogP contribution is -2.23. The van der Waals surface area contributed by atoms with Gasteiger partial charge in [0.25, 0.3) is 5.91 Å². The lowest BCUT2D eigenvalue weighted by Gasteiger charge is -2.00. The van der Waals surface area contributed by atoms with Crippen molar-refractivity contribution in [1.82, 2.24) is 5.32 Å². The molecule has 3 nitrogen and oxygen atoms in total. The molecule has 0 bridgehead atoms. The Labute approximate surface area is 93.4 Å². The molecule has 80 valence electrons. The molecule has 1 aromatic heterocycles.